The molecular weight excluding hydrogens is 937 g/mol. The Hall–Kier alpha value is -4.53. The average molecular weight is 1020 g/mol. The van der Waals surface area contributed by atoms with Crippen molar-refractivity contribution in [3.05, 3.63) is 176 Å². The summed E-state index contributed by atoms with van der Waals surface area (Å²) in [5.74, 6) is 4.80. The first-order valence-electron chi connectivity index (χ1n) is 24.9. The van der Waals surface area contributed by atoms with Gasteiger partial charge in [-0.1, -0.05) is 0 Å². The third kappa shape index (κ3) is 13.5. The van der Waals surface area contributed by atoms with E-state index >= 15 is 0 Å². The molecule has 0 radical (unpaired) electrons. The Bertz CT molecular complexity index is 2250. The fourth-order valence-corrected chi connectivity index (χ4v) is 20.9. The summed E-state index contributed by atoms with van der Waals surface area (Å²) < 4.78 is 47.2. The molecule has 0 aliphatic rings. The van der Waals surface area contributed by atoms with Gasteiger partial charge in [-0.3, -0.25) is 0 Å². The minimum absolute atomic E-state index is 0.114. The first kappa shape index (κ1) is 53.8. The van der Waals surface area contributed by atoms with Gasteiger partial charge in [0.05, 0.1) is 0 Å². The Labute approximate surface area is 422 Å². The van der Waals surface area contributed by atoms with Crippen molar-refractivity contribution in [2.45, 2.75) is 160 Å². The molecule has 0 atom stereocenters. The SMILES string of the molecule is Cc1ccc(C(C)C)c(O[PH](Oc2cc(C)ccc2C(C)C)(Oc2cc(C)ccc2C(C)C)[Ni][PH](Oc2cc(C)ccc2C(C)C)(Oc2cc(C)ccc2C(C)C)Oc2cc(C)ccc2C(C)C)c1. The predicted octanol–water partition coefficient (Wildman–Crippen LogP) is 19.0. The fraction of sp³-hybridized carbons (Fsp3) is 0.400. The van der Waals surface area contributed by atoms with Gasteiger partial charge in [0.2, 0.25) is 0 Å². The van der Waals surface area contributed by atoms with Crippen LogP contribution in [-0.4, -0.2) is 0 Å². The summed E-state index contributed by atoms with van der Waals surface area (Å²) >= 11 is 1.02. The zero-order valence-electron chi connectivity index (χ0n) is 44.6. The quantitative estimate of drug-likeness (QED) is 0.0561. The molecule has 0 spiro atoms. The molecule has 0 saturated carbocycles. The van der Waals surface area contributed by atoms with Crippen LogP contribution in [0.25, 0.3) is 0 Å². The van der Waals surface area contributed by atoms with Gasteiger partial charge in [0.15, 0.2) is 0 Å². The van der Waals surface area contributed by atoms with Gasteiger partial charge in [-0.2, -0.15) is 0 Å². The van der Waals surface area contributed by atoms with E-state index in [1.54, 1.807) is 0 Å². The Morgan fingerprint density at radius 1 is 0.261 bits per heavy atom. The Balaban J connectivity index is 1.84. The monoisotopic (exact) mass is 1020 g/mol. The molecule has 9 heteroatoms. The molecule has 6 nitrogen and oxygen atoms in total. The summed E-state index contributed by atoms with van der Waals surface area (Å²) in [6.07, 6.45) is 0. The number of benzene rings is 6. The Kier molecular flexibility index (Phi) is 17.7. The van der Waals surface area contributed by atoms with Crippen molar-refractivity contribution in [3.8, 4) is 34.5 Å². The summed E-state index contributed by atoms with van der Waals surface area (Å²) in [6, 6.07) is 38.6. The van der Waals surface area contributed by atoms with E-state index in [0.29, 0.717) is 34.5 Å². The normalized spacial score (nSPS) is 12.7. The topological polar surface area (TPSA) is 55.4 Å². The summed E-state index contributed by atoms with van der Waals surface area (Å²) in [6.45, 7) is 30.0. The summed E-state index contributed by atoms with van der Waals surface area (Å²) in [5.41, 5.74) is 12.5. The van der Waals surface area contributed by atoms with E-state index in [1.165, 1.54) is 0 Å². The maximum absolute atomic E-state index is 7.87. The molecule has 0 amide bonds. The van der Waals surface area contributed by atoms with Crippen LogP contribution in [-0.2, 0) is 13.6 Å². The predicted molar refractivity (Wildman–Crippen MR) is 292 cm³/mol. The van der Waals surface area contributed by atoms with E-state index in [1.807, 2.05) is 0 Å². The van der Waals surface area contributed by atoms with Crippen molar-refractivity contribution in [3.63, 3.8) is 0 Å². The van der Waals surface area contributed by atoms with Crippen LogP contribution in [0.5, 0.6) is 34.5 Å². The molecule has 6 aromatic carbocycles. The second-order valence-corrected chi connectivity index (χ2v) is 30.2. The van der Waals surface area contributed by atoms with Gasteiger partial charge in [0, 0.05) is 0 Å². The van der Waals surface area contributed by atoms with Crippen LogP contribution >= 0.6 is 13.4 Å². The van der Waals surface area contributed by atoms with E-state index in [0.717, 1.165) is 80.3 Å². The van der Waals surface area contributed by atoms with E-state index in [2.05, 4.69) is 234 Å². The van der Waals surface area contributed by atoms with E-state index < -0.39 is 13.4 Å². The summed E-state index contributed by atoms with van der Waals surface area (Å²) in [5, 5.41) is 0. The van der Waals surface area contributed by atoms with Crippen molar-refractivity contribution in [2.75, 3.05) is 0 Å². The van der Waals surface area contributed by atoms with Crippen molar-refractivity contribution >= 4 is 13.4 Å². The molecule has 0 unspecified atom stereocenters. The van der Waals surface area contributed by atoms with Gasteiger partial charge in [-0.25, -0.2) is 0 Å². The van der Waals surface area contributed by atoms with Crippen LogP contribution < -0.4 is 27.1 Å². The molecule has 0 aromatic heterocycles. The molecule has 0 heterocycles. The van der Waals surface area contributed by atoms with E-state index in [4.69, 9.17) is 27.1 Å². The second kappa shape index (κ2) is 22.7. The first-order chi connectivity index (χ1) is 32.5. The molecule has 0 bridgehead atoms. The third-order valence-corrected chi connectivity index (χ3v) is 23.8. The van der Waals surface area contributed by atoms with Crippen LogP contribution in [0.4, 0.5) is 0 Å². The van der Waals surface area contributed by atoms with Crippen LogP contribution in [0, 0.1) is 41.5 Å². The number of aryl methyl sites for hydroxylation is 6. The maximum atomic E-state index is 7.87. The molecule has 0 aliphatic carbocycles. The molecule has 6 aromatic rings. The van der Waals surface area contributed by atoms with Gasteiger partial charge in [0.1, 0.15) is 0 Å². The summed E-state index contributed by atoms with van der Waals surface area (Å²) in [7, 11) is 0. The van der Waals surface area contributed by atoms with Gasteiger partial charge in [-0.15, -0.1) is 0 Å². The van der Waals surface area contributed by atoms with Crippen LogP contribution in [0.1, 0.15) is 185 Å². The van der Waals surface area contributed by atoms with Crippen LogP contribution in [0.15, 0.2) is 109 Å². The Morgan fingerprint density at radius 2 is 0.406 bits per heavy atom. The fourth-order valence-electron chi connectivity index (χ4n) is 8.33. The summed E-state index contributed by atoms with van der Waals surface area (Å²) in [4.78, 5) is 0. The van der Waals surface area contributed by atoms with Crippen molar-refractivity contribution in [1.82, 2.24) is 0 Å². The molecule has 0 N–H and O–H groups in total. The number of hydrogen-bond acceptors (Lipinski definition) is 6. The molecule has 0 aliphatic heterocycles. The molecule has 6 rings (SSSR count). The molecule has 376 valence electrons. The van der Waals surface area contributed by atoms with Crippen LogP contribution in [0.2, 0.25) is 0 Å². The Morgan fingerprint density at radius 3 is 0.536 bits per heavy atom. The molecule has 0 saturated heterocycles. The van der Waals surface area contributed by atoms with Crippen LogP contribution in [0.3, 0.4) is 0 Å². The van der Waals surface area contributed by atoms with Crippen molar-refractivity contribution in [2.24, 2.45) is 0 Å². The van der Waals surface area contributed by atoms with Gasteiger partial charge >= 0.3 is 425 Å². The zero-order valence-corrected chi connectivity index (χ0v) is 47.6. The zero-order chi connectivity index (χ0) is 50.5. The molecule has 0 fully saturated rings. The number of rotatable bonds is 20. The standard InChI is InChI=1S/2C30H40O3P.Ni/c2*1-19(2)25-13-10-22(7)16-28(25)31-34(32-29-17-23(8)11-14-26(29)20(3)4)33-30-18-24(9)12-15-27(30)21(5)6;/h2*10-21,34H,1-9H3;/q2*+1;-2. The minimum atomic E-state index is -4.47. The van der Waals surface area contributed by atoms with E-state index in [9.17, 15) is 0 Å². The first-order valence-corrected chi connectivity index (χ1v) is 30.9. The molecule has 69 heavy (non-hydrogen) atoms. The number of hydrogen-bond donors (Lipinski definition) is 0. The average Bonchev–Trinajstić information content (AvgIpc) is 3.23. The van der Waals surface area contributed by atoms with Gasteiger partial charge in [0.25, 0.3) is 0 Å². The molecular formula is C60H80NiO6P2. The van der Waals surface area contributed by atoms with Gasteiger partial charge < -0.3 is 0 Å². The third-order valence-electron chi connectivity index (χ3n) is 12.3. The second-order valence-electron chi connectivity index (χ2n) is 20.8. The van der Waals surface area contributed by atoms with Gasteiger partial charge in [-0.05, 0) is 0 Å². The van der Waals surface area contributed by atoms with Crippen molar-refractivity contribution < 1.29 is 40.7 Å². The van der Waals surface area contributed by atoms with E-state index in [-0.39, 0.29) is 35.5 Å². The van der Waals surface area contributed by atoms with Crippen molar-refractivity contribution in [1.29, 1.82) is 0 Å².